The highest BCUT2D eigenvalue weighted by molar-refractivity contribution is 5.75. The first-order chi connectivity index (χ1) is 10.2. The number of hydrogen-bond acceptors (Lipinski definition) is 4. The predicted octanol–water partition coefficient (Wildman–Crippen LogP) is 1.43. The number of carboxylic acid groups (broad SMARTS) is 1. The molecule has 0 spiro atoms. The van der Waals surface area contributed by atoms with Gasteiger partial charge in [-0.15, -0.1) is 0 Å². The van der Waals surface area contributed by atoms with Crippen LogP contribution in [0.3, 0.4) is 0 Å². The van der Waals surface area contributed by atoms with Crippen LogP contribution in [0.1, 0.15) is 38.5 Å². The van der Waals surface area contributed by atoms with Crippen LogP contribution in [0.5, 0.6) is 0 Å². The number of ether oxygens (including phenoxy) is 1. The highest BCUT2D eigenvalue weighted by Gasteiger charge is 2.42. The zero-order chi connectivity index (χ0) is 14.7. The van der Waals surface area contributed by atoms with Gasteiger partial charge >= 0.3 is 5.97 Å². The quantitative estimate of drug-likeness (QED) is 0.850. The molecule has 0 bridgehead atoms. The Kier molecular flexibility index (Phi) is 4.82. The van der Waals surface area contributed by atoms with Crippen LogP contribution in [-0.2, 0) is 9.53 Å². The van der Waals surface area contributed by atoms with Gasteiger partial charge < -0.3 is 9.84 Å². The van der Waals surface area contributed by atoms with Crippen LogP contribution < -0.4 is 0 Å². The van der Waals surface area contributed by atoms with Gasteiger partial charge in [-0.05, 0) is 25.7 Å². The third kappa shape index (κ3) is 3.41. The van der Waals surface area contributed by atoms with Crippen molar-refractivity contribution < 1.29 is 14.6 Å². The van der Waals surface area contributed by atoms with Gasteiger partial charge in [0.05, 0.1) is 5.41 Å². The minimum atomic E-state index is -0.635. The summed E-state index contributed by atoms with van der Waals surface area (Å²) in [5, 5.41) is 9.65. The van der Waals surface area contributed by atoms with Gasteiger partial charge in [-0.3, -0.25) is 14.6 Å². The summed E-state index contributed by atoms with van der Waals surface area (Å²) in [6.45, 7) is 6.14. The molecule has 2 saturated heterocycles. The van der Waals surface area contributed by atoms with Gasteiger partial charge in [-0.2, -0.15) is 0 Å². The van der Waals surface area contributed by atoms with Gasteiger partial charge in [-0.1, -0.05) is 12.8 Å². The summed E-state index contributed by atoms with van der Waals surface area (Å²) >= 11 is 0. The molecule has 0 aromatic heterocycles. The van der Waals surface area contributed by atoms with Crippen molar-refractivity contribution in [3.8, 4) is 0 Å². The summed E-state index contributed by atoms with van der Waals surface area (Å²) in [5.74, 6) is -0.635. The van der Waals surface area contributed by atoms with Gasteiger partial charge in [0.2, 0.25) is 0 Å². The SMILES string of the molecule is O=C(O)C1(CN2CCN(C3CCCC3)CC2)CCOCC1. The van der Waals surface area contributed by atoms with Crippen LogP contribution >= 0.6 is 0 Å². The topological polar surface area (TPSA) is 53.0 Å². The molecule has 120 valence electrons. The second-order valence-corrected chi connectivity index (χ2v) is 6.95. The fourth-order valence-electron chi connectivity index (χ4n) is 4.19. The Morgan fingerprint density at radius 3 is 2.29 bits per heavy atom. The molecule has 5 nitrogen and oxygen atoms in total. The normalized spacial score (nSPS) is 28.8. The number of carbonyl (C=O) groups is 1. The third-order valence-electron chi connectivity index (χ3n) is 5.68. The van der Waals surface area contributed by atoms with Gasteiger partial charge in [0.1, 0.15) is 0 Å². The van der Waals surface area contributed by atoms with E-state index < -0.39 is 11.4 Å². The van der Waals surface area contributed by atoms with Crippen molar-refractivity contribution in [1.82, 2.24) is 9.80 Å². The fraction of sp³-hybridized carbons (Fsp3) is 0.938. The van der Waals surface area contributed by atoms with Gasteiger partial charge in [0.15, 0.2) is 0 Å². The Bertz CT molecular complexity index is 355. The van der Waals surface area contributed by atoms with E-state index in [0.29, 0.717) is 32.6 Å². The lowest BCUT2D eigenvalue weighted by Gasteiger charge is -2.42. The molecule has 3 fully saturated rings. The Morgan fingerprint density at radius 1 is 1.10 bits per heavy atom. The van der Waals surface area contributed by atoms with E-state index in [4.69, 9.17) is 4.74 Å². The lowest BCUT2D eigenvalue weighted by molar-refractivity contribution is -0.157. The van der Waals surface area contributed by atoms with Gasteiger partial charge in [-0.25, -0.2) is 0 Å². The van der Waals surface area contributed by atoms with Crippen molar-refractivity contribution in [3.05, 3.63) is 0 Å². The number of aliphatic carboxylic acids is 1. The maximum absolute atomic E-state index is 11.7. The summed E-state index contributed by atoms with van der Waals surface area (Å²) in [6.07, 6.45) is 6.79. The first-order valence-electron chi connectivity index (χ1n) is 8.47. The summed E-state index contributed by atoms with van der Waals surface area (Å²) in [6, 6.07) is 0.795. The molecule has 0 unspecified atom stereocenters. The van der Waals surface area contributed by atoms with Crippen LogP contribution in [0, 0.1) is 5.41 Å². The van der Waals surface area contributed by atoms with Crippen molar-refractivity contribution >= 4 is 5.97 Å². The molecule has 2 aliphatic heterocycles. The number of hydrogen-bond donors (Lipinski definition) is 1. The van der Waals surface area contributed by atoms with Crippen LogP contribution in [0.4, 0.5) is 0 Å². The zero-order valence-corrected chi connectivity index (χ0v) is 12.9. The number of rotatable bonds is 4. The monoisotopic (exact) mass is 296 g/mol. The molecule has 0 amide bonds. The number of nitrogens with zero attached hydrogens (tertiary/aromatic N) is 2. The zero-order valence-electron chi connectivity index (χ0n) is 12.9. The number of carboxylic acids is 1. The highest BCUT2D eigenvalue weighted by Crippen LogP contribution is 2.32. The Morgan fingerprint density at radius 2 is 1.71 bits per heavy atom. The molecule has 0 atom stereocenters. The molecule has 0 radical (unpaired) electrons. The Balaban J connectivity index is 1.52. The van der Waals surface area contributed by atoms with E-state index in [0.717, 1.165) is 32.2 Å². The fourth-order valence-corrected chi connectivity index (χ4v) is 4.19. The molecule has 3 rings (SSSR count). The molecule has 2 heterocycles. The Hall–Kier alpha value is -0.650. The predicted molar refractivity (Wildman–Crippen MR) is 80.4 cm³/mol. The molecule has 1 saturated carbocycles. The maximum Gasteiger partial charge on any atom is 0.311 e. The summed E-state index contributed by atoms with van der Waals surface area (Å²) in [4.78, 5) is 16.7. The van der Waals surface area contributed by atoms with Gasteiger partial charge in [0.25, 0.3) is 0 Å². The van der Waals surface area contributed by atoms with Crippen molar-refractivity contribution in [2.75, 3.05) is 45.9 Å². The van der Waals surface area contributed by atoms with Crippen molar-refractivity contribution in [2.45, 2.75) is 44.6 Å². The maximum atomic E-state index is 11.7. The van der Waals surface area contributed by atoms with Crippen LogP contribution in [0.2, 0.25) is 0 Å². The minimum Gasteiger partial charge on any atom is -0.481 e. The smallest absolute Gasteiger partial charge is 0.311 e. The van der Waals surface area contributed by atoms with Crippen LogP contribution in [0.15, 0.2) is 0 Å². The van der Waals surface area contributed by atoms with Crippen molar-refractivity contribution in [1.29, 1.82) is 0 Å². The van der Waals surface area contributed by atoms with Gasteiger partial charge in [0, 0.05) is 52.0 Å². The van der Waals surface area contributed by atoms with Crippen molar-refractivity contribution in [2.24, 2.45) is 5.41 Å². The summed E-state index contributed by atoms with van der Waals surface area (Å²) in [5.41, 5.74) is -0.576. The first-order valence-corrected chi connectivity index (χ1v) is 8.47. The molecular weight excluding hydrogens is 268 g/mol. The average molecular weight is 296 g/mol. The molecule has 0 aromatic carbocycles. The molecule has 3 aliphatic rings. The molecule has 1 aliphatic carbocycles. The van der Waals surface area contributed by atoms with Crippen LogP contribution in [0.25, 0.3) is 0 Å². The largest absolute Gasteiger partial charge is 0.481 e. The molecule has 1 N–H and O–H groups in total. The van der Waals surface area contributed by atoms with E-state index in [9.17, 15) is 9.90 Å². The average Bonchev–Trinajstić information content (AvgIpc) is 3.03. The van der Waals surface area contributed by atoms with E-state index in [1.807, 2.05) is 0 Å². The Labute approximate surface area is 127 Å². The molecule has 0 aromatic rings. The highest BCUT2D eigenvalue weighted by atomic mass is 16.5. The lowest BCUT2D eigenvalue weighted by atomic mass is 9.79. The summed E-state index contributed by atoms with van der Waals surface area (Å²) < 4.78 is 5.36. The van der Waals surface area contributed by atoms with E-state index in [-0.39, 0.29) is 0 Å². The lowest BCUT2D eigenvalue weighted by Crippen LogP contribution is -2.54. The standard InChI is InChI=1S/C16H28N2O3/c19-15(20)16(5-11-21-12-6-16)13-17-7-9-18(10-8-17)14-3-1-2-4-14/h14H,1-13H2,(H,19,20). The number of piperazine rings is 1. The third-order valence-corrected chi connectivity index (χ3v) is 5.68. The molecular formula is C16H28N2O3. The second kappa shape index (κ2) is 6.63. The molecule has 5 heteroatoms. The molecule has 21 heavy (non-hydrogen) atoms. The summed E-state index contributed by atoms with van der Waals surface area (Å²) in [7, 11) is 0. The van der Waals surface area contributed by atoms with E-state index in [2.05, 4.69) is 9.80 Å². The van der Waals surface area contributed by atoms with E-state index in [1.54, 1.807) is 0 Å². The van der Waals surface area contributed by atoms with Crippen LogP contribution in [-0.4, -0.2) is 72.9 Å². The van der Waals surface area contributed by atoms with E-state index in [1.165, 1.54) is 25.7 Å². The minimum absolute atomic E-state index is 0.576. The van der Waals surface area contributed by atoms with Crippen molar-refractivity contribution in [3.63, 3.8) is 0 Å². The van der Waals surface area contributed by atoms with E-state index >= 15 is 0 Å². The first kappa shape index (κ1) is 15.3. The second-order valence-electron chi connectivity index (χ2n) is 6.95.